The van der Waals surface area contributed by atoms with Gasteiger partial charge in [0, 0.05) is 17.3 Å². The van der Waals surface area contributed by atoms with Crippen molar-refractivity contribution in [1.29, 1.82) is 0 Å². The Kier molecular flexibility index (Phi) is 7.27. The number of carbonyl (C=O) groups is 1. The second-order valence-corrected chi connectivity index (χ2v) is 9.31. The Balaban J connectivity index is 2.21. The molecule has 1 saturated carbocycles. The zero-order chi connectivity index (χ0) is 22.7. The molecule has 3 atom stereocenters. The molecule has 0 aliphatic heterocycles. The number of esters is 1. The molecule has 1 aliphatic carbocycles. The predicted octanol–water partition coefficient (Wildman–Crippen LogP) is 4.28. The molecule has 3 rings (SSSR count). The van der Waals surface area contributed by atoms with Gasteiger partial charge in [-0.1, -0.05) is 32.4 Å². The number of ether oxygens (including phenoxy) is 1. The van der Waals surface area contributed by atoms with Crippen LogP contribution in [0.5, 0.6) is 0 Å². The molecule has 164 valence electrons. The minimum atomic E-state index is -3.37. The summed E-state index contributed by atoms with van der Waals surface area (Å²) in [6, 6.07) is 7.63. The van der Waals surface area contributed by atoms with Gasteiger partial charge in [-0.25, -0.2) is 4.39 Å². The maximum absolute atomic E-state index is 13.6. The number of nitrogens with zero attached hydrogens (tertiary/aromatic N) is 1. The maximum Gasteiger partial charge on any atom is 0.322 e. The van der Waals surface area contributed by atoms with Gasteiger partial charge < -0.3 is 14.7 Å². The Bertz CT molecular complexity index is 1030. The summed E-state index contributed by atoms with van der Waals surface area (Å²) in [6.07, 6.45) is 6.66. The molecule has 31 heavy (non-hydrogen) atoms. The lowest BCUT2D eigenvalue weighted by Crippen LogP contribution is -2.23. The molecule has 1 aliphatic rings. The van der Waals surface area contributed by atoms with Crippen LogP contribution in [0.3, 0.4) is 0 Å². The first-order chi connectivity index (χ1) is 14.7. The van der Waals surface area contributed by atoms with Gasteiger partial charge in [0.05, 0.1) is 18.2 Å². The fourth-order valence-corrected chi connectivity index (χ4v) is 4.69. The van der Waals surface area contributed by atoms with E-state index in [0.717, 1.165) is 18.5 Å². The summed E-state index contributed by atoms with van der Waals surface area (Å²) in [4.78, 5) is 26.8. The van der Waals surface area contributed by atoms with Crippen molar-refractivity contribution in [2.45, 2.75) is 56.7 Å². The summed E-state index contributed by atoms with van der Waals surface area (Å²) < 4.78 is 30.5. The van der Waals surface area contributed by atoms with Gasteiger partial charge >= 0.3 is 5.97 Å². The number of benzene rings is 1. The topological polar surface area (TPSA) is 96.7 Å². The van der Waals surface area contributed by atoms with Gasteiger partial charge in [0.25, 0.3) is 0 Å². The van der Waals surface area contributed by atoms with Crippen LogP contribution >= 0.6 is 8.03 Å². The Labute approximate surface area is 181 Å². The highest BCUT2D eigenvalue weighted by Crippen LogP contribution is 2.49. The van der Waals surface area contributed by atoms with Gasteiger partial charge in [0.2, 0.25) is 0 Å². The van der Waals surface area contributed by atoms with E-state index in [2.05, 4.69) is 4.74 Å². The number of hydrogen-bond acceptors (Lipinski definition) is 5. The number of carbonyl (C=O) groups excluding carboxylic acids is 1. The average Bonchev–Trinajstić information content (AvgIpc) is 3.53. The first-order valence-electron chi connectivity index (χ1n) is 10.1. The highest BCUT2D eigenvalue weighted by Gasteiger charge is 2.36. The van der Waals surface area contributed by atoms with E-state index in [-0.39, 0.29) is 5.92 Å². The molecule has 1 aromatic carbocycles. The van der Waals surface area contributed by atoms with Crippen LogP contribution in [0.15, 0.2) is 30.3 Å². The number of aliphatic hydroxyl groups is 1. The zero-order valence-electron chi connectivity index (χ0n) is 17.3. The van der Waals surface area contributed by atoms with Crippen molar-refractivity contribution in [3.8, 4) is 23.7 Å². The number of pyridine rings is 1. The highest BCUT2D eigenvalue weighted by atomic mass is 31.1. The molecule has 6 nitrogen and oxygen atoms in total. The highest BCUT2D eigenvalue weighted by molar-refractivity contribution is 7.38. The van der Waals surface area contributed by atoms with Crippen molar-refractivity contribution < 1.29 is 28.5 Å². The Morgan fingerprint density at radius 3 is 2.52 bits per heavy atom. The molecule has 1 fully saturated rings. The number of aliphatic hydroxyl groups excluding tert-OH is 1. The van der Waals surface area contributed by atoms with E-state index < -0.39 is 38.0 Å². The molecule has 0 spiro atoms. The van der Waals surface area contributed by atoms with Gasteiger partial charge in [0.1, 0.15) is 11.9 Å². The normalized spacial score (nSPS) is 16.4. The van der Waals surface area contributed by atoms with E-state index in [1.54, 1.807) is 18.2 Å². The van der Waals surface area contributed by atoms with Crippen molar-refractivity contribution >= 4 is 14.0 Å². The Morgan fingerprint density at radius 2 is 2.00 bits per heavy atom. The average molecular weight is 445 g/mol. The molecule has 0 radical (unpaired) electrons. The molecular weight excluding hydrogens is 420 g/mol. The summed E-state index contributed by atoms with van der Waals surface area (Å²) in [5.41, 5.74) is 1.79. The number of hydrogen-bond donors (Lipinski definition) is 2. The van der Waals surface area contributed by atoms with Crippen LogP contribution in [0, 0.1) is 18.3 Å². The Morgan fingerprint density at radius 1 is 1.35 bits per heavy atom. The summed E-state index contributed by atoms with van der Waals surface area (Å²) >= 11 is 0. The third kappa shape index (κ3) is 5.40. The van der Waals surface area contributed by atoms with Gasteiger partial charge in [-0.15, -0.1) is 0 Å². The SMILES string of the molecule is C#COC(=O)CC(O)C(c1c(-c2ccc(F)cc2)cc(C2CC2)nc1C(C)C)[PH](=O)O. The molecule has 2 aromatic rings. The van der Waals surface area contributed by atoms with Crippen molar-refractivity contribution in [1.82, 2.24) is 4.98 Å². The van der Waals surface area contributed by atoms with Crippen molar-refractivity contribution in [2.24, 2.45) is 0 Å². The van der Waals surface area contributed by atoms with Crippen LogP contribution in [-0.4, -0.2) is 27.1 Å². The van der Waals surface area contributed by atoms with Crippen LogP contribution in [-0.2, 0) is 14.1 Å². The molecule has 8 heteroatoms. The van der Waals surface area contributed by atoms with E-state index in [9.17, 15) is 23.7 Å². The maximum atomic E-state index is 13.6. The van der Waals surface area contributed by atoms with Crippen LogP contribution in [0.2, 0.25) is 0 Å². The van der Waals surface area contributed by atoms with E-state index in [0.29, 0.717) is 28.3 Å². The molecular formula is C23H25FNO5P. The number of rotatable bonds is 8. The Hall–Kier alpha value is -2.52. The molecule has 1 heterocycles. The second-order valence-electron chi connectivity index (χ2n) is 8.01. The summed E-state index contributed by atoms with van der Waals surface area (Å²) in [5, 5.41) is 10.8. The van der Waals surface area contributed by atoms with E-state index in [1.807, 2.05) is 19.9 Å². The largest absolute Gasteiger partial charge is 0.391 e. The lowest BCUT2D eigenvalue weighted by Gasteiger charge is -2.27. The minimum Gasteiger partial charge on any atom is -0.391 e. The summed E-state index contributed by atoms with van der Waals surface area (Å²) in [5.74, 6) is -1.09. The molecule has 0 saturated heterocycles. The zero-order valence-corrected chi connectivity index (χ0v) is 18.3. The standard InChI is InChI=1S/C23H25FNO5P/c1-4-30-20(27)12-19(26)23(31(28)29)21-17(14-7-9-16(24)10-8-14)11-18(15-5-6-15)25-22(21)13(2)3/h1,7-11,13,15,19,23,26,31H,5-6,12H2,2-3H3,(H,28,29). The lowest BCUT2D eigenvalue weighted by molar-refractivity contribution is -0.139. The molecule has 0 bridgehead atoms. The molecule has 2 N–H and O–H groups in total. The number of aromatic nitrogens is 1. The van der Waals surface area contributed by atoms with Crippen LogP contribution in [0.1, 0.15) is 67.6 Å². The van der Waals surface area contributed by atoms with Crippen LogP contribution in [0.25, 0.3) is 11.1 Å². The molecule has 3 unspecified atom stereocenters. The van der Waals surface area contributed by atoms with E-state index >= 15 is 0 Å². The fourth-order valence-electron chi connectivity index (χ4n) is 3.70. The van der Waals surface area contributed by atoms with E-state index in [4.69, 9.17) is 11.4 Å². The smallest absolute Gasteiger partial charge is 0.322 e. The van der Waals surface area contributed by atoms with Crippen molar-refractivity contribution in [3.05, 3.63) is 53.1 Å². The summed E-state index contributed by atoms with van der Waals surface area (Å²) in [7, 11) is -3.37. The second kappa shape index (κ2) is 9.74. The van der Waals surface area contributed by atoms with E-state index in [1.165, 1.54) is 12.1 Å². The monoisotopic (exact) mass is 445 g/mol. The quantitative estimate of drug-likeness (QED) is 0.358. The first kappa shape index (κ1) is 23.1. The van der Waals surface area contributed by atoms with Gasteiger partial charge in [-0.2, -0.15) is 0 Å². The molecule has 0 amide bonds. The van der Waals surface area contributed by atoms with Crippen LogP contribution in [0.4, 0.5) is 4.39 Å². The number of halogens is 1. The van der Waals surface area contributed by atoms with Gasteiger partial charge in [-0.3, -0.25) is 14.3 Å². The predicted molar refractivity (Wildman–Crippen MR) is 115 cm³/mol. The van der Waals surface area contributed by atoms with Gasteiger partial charge in [-0.05, 0) is 53.6 Å². The third-order valence-electron chi connectivity index (χ3n) is 5.32. The van der Waals surface area contributed by atoms with Crippen LogP contribution < -0.4 is 0 Å². The number of terminal acetylenes is 1. The lowest BCUT2D eigenvalue weighted by atomic mass is 9.89. The first-order valence-corrected chi connectivity index (χ1v) is 11.5. The molecule has 1 aromatic heterocycles. The fraction of sp³-hybridized carbons (Fsp3) is 0.391. The minimum absolute atomic E-state index is 0.124. The van der Waals surface area contributed by atoms with Crippen molar-refractivity contribution in [3.63, 3.8) is 0 Å². The summed E-state index contributed by atoms with van der Waals surface area (Å²) in [6.45, 7) is 3.81. The third-order valence-corrected chi connectivity index (χ3v) is 6.52. The van der Waals surface area contributed by atoms with Crippen molar-refractivity contribution in [2.75, 3.05) is 0 Å². The van der Waals surface area contributed by atoms with Gasteiger partial charge in [0.15, 0.2) is 8.03 Å².